The van der Waals surface area contributed by atoms with Gasteiger partial charge >= 0.3 is 5.97 Å². The van der Waals surface area contributed by atoms with Crippen molar-refractivity contribution in [3.63, 3.8) is 0 Å². The van der Waals surface area contributed by atoms with Crippen LogP contribution < -0.4 is 5.32 Å². The second-order valence-electron chi connectivity index (χ2n) is 9.54. The van der Waals surface area contributed by atoms with E-state index in [0.29, 0.717) is 17.8 Å². The number of aromatic amines is 1. The molecule has 3 heterocycles. The van der Waals surface area contributed by atoms with Crippen LogP contribution in [0.4, 0.5) is 0 Å². The Morgan fingerprint density at radius 2 is 2.00 bits per heavy atom. The fourth-order valence-corrected chi connectivity index (χ4v) is 4.21. The minimum Gasteiger partial charge on any atom is -0.464 e. The number of ether oxygens (including phenoxy) is 1. The summed E-state index contributed by atoms with van der Waals surface area (Å²) in [6, 6.07) is 5.93. The van der Waals surface area contributed by atoms with Crippen molar-refractivity contribution in [3.8, 4) is 0 Å². The van der Waals surface area contributed by atoms with E-state index in [2.05, 4.69) is 25.6 Å². The van der Waals surface area contributed by atoms with Crippen LogP contribution in [0.3, 0.4) is 0 Å². The normalized spacial score (nSPS) is 13.5. The molecule has 0 aliphatic heterocycles. The van der Waals surface area contributed by atoms with Crippen LogP contribution in [-0.2, 0) is 20.9 Å². The third kappa shape index (κ3) is 5.11. The number of hydrogen-bond donors (Lipinski definition) is 2. The van der Waals surface area contributed by atoms with Crippen molar-refractivity contribution < 1.29 is 14.3 Å². The van der Waals surface area contributed by atoms with Gasteiger partial charge in [-0.2, -0.15) is 0 Å². The van der Waals surface area contributed by atoms with Crippen molar-refractivity contribution in [2.45, 2.75) is 53.2 Å². The van der Waals surface area contributed by atoms with Crippen molar-refractivity contribution in [1.82, 2.24) is 34.8 Å². The first-order chi connectivity index (χ1) is 16.7. The molecule has 0 bridgehead atoms. The van der Waals surface area contributed by atoms with Crippen LogP contribution in [0.2, 0.25) is 0 Å². The molecule has 4 rings (SSSR count). The predicted molar refractivity (Wildman–Crippen MR) is 130 cm³/mol. The van der Waals surface area contributed by atoms with Gasteiger partial charge in [-0.3, -0.25) is 4.79 Å². The number of carbonyl (C=O) groups is 2. The Hall–Kier alpha value is -3.95. The lowest BCUT2D eigenvalue weighted by atomic mass is 9.86. The number of aryl methyl sites for hydroxylation is 1. The molecule has 0 radical (unpaired) electrons. The van der Waals surface area contributed by atoms with Gasteiger partial charge in [0, 0.05) is 35.1 Å². The Bertz CT molecular complexity index is 1330. The van der Waals surface area contributed by atoms with Gasteiger partial charge in [-0.1, -0.05) is 44.2 Å². The zero-order chi connectivity index (χ0) is 25.2. The molecule has 35 heavy (non-hydrogen) atoms. The highest BCUT2D eigenvalue weighted by Crippen LogP contribution is 2.32. The molecule has 10 heteroatoms. The molecule has 10 nitrogen and oxygen atoms in total. The van der Waals surface area contributed by atoms with Crippen LogP contribution >= 0.6 is 0 Å². The van der Waals surface area contributed by atoms with Crippen LogP contribution in [-0.4, -0.2) is 48.0 Å². The van der Waals surface area contributed by atoms with Gasteiger partial charge in [0.25, 0.3) is 0 Å². The standard InChI is InChI=1S/C25H31N7O3/c1-6-35-24(34)21(19-13-27-20-10-8-7-9-18(19)20)28-23(33)22(25(3,4)5)32-15-17(29-30-32)14-31-12-11-26-16(31)2/h7-13,15,21-22,27H,6,14H2,1-5H3,(H,28,33). The van der Waals surface area contributed by atoms with Gasteiger partial charge in [-0.15, -0.1) is 5.10 Å². The Labute approximate surface area is 203 Å². The maximum Gasteiger partial charge on any atom is 0.333 e. The molecule has 0 spiro atoms. The van der Waals surface area contributed by atoms with Gasteiger partial charge in [-0.05, 0) is 25.3 Å². The number of nitrogens with one attached hydrogen (secondary N) is 2. The second-order valence-corrected chi connectivity index (χ2v) is 9.54. The molecule has 3 aromatic heterocycles. The summed E-state index contributed by atoms with van der Waals surface area (Å²) < 4.78 is 8.83. The third-order valence-electron chi connectivity index (χ3n) is 5.89. The van der Waals surface area contributed by atoms with Crippen molar-refractivity contribution in [2.75, 3.05) is 6.61 Å². The fraction of sp³-hybridized carbons (Fsp3) is 0.400. The number of rotatable bonds is 8. The molecular formula is C25H31N7O3. The first-order valence-corrected chi connectivity index (χ1v) is 11.6. The van der Waals surface area contributed by atoms with Gasteiger partial charge in [0.15, 0.2) is 6.04 Å². The number of esters is 1. The minimum atomic E-state index is -0.972. The van der Waals surface area contributed by atoms with Gasteiger partial charge in [0.2, 0.25) is 5.91 Å². The largest absolute Gasteiger partial charge is 0.464 e. The number of para-hydroxylation sites is 1. The average molecular weight is 478 g/mol. The predicted octanol–water partition coefficient (Wildman–Crippen LogP) is 3.32. The molecule has 2 atom stereocenters. The van der Waals surface area contributed by atoms with Crippen molar-refractivity contribution in [1.29, 1.82) is 0 Å². The number of H-pyrrole nitrogens is 1. The smallest absolute Gasteiger partial charge is 0.333 e. The summed E-state index contributed by atoms with van der Waals surface area (Å²) in [5.74, 6) is -0.00936. The molecule has 0 aliphatic rings. The maximum atomic E-state index is 13.7. The van der Waals surface area contributed by atoms with Gasteiger partial charge in [0.1, 0.15) is 17.6 Å². The van der Waals surface area contributed by atoms with Gasteiger partial charge in [-0.25, -0.2) is 14.5 Å². The zero-order valence-electron chi connectivity index (χ0n) is 20.6. The summed E-state index contributed by atoms with van der Waals surface area (Å²) in [6.45, 7) is 10.2. The average Bonchev–Trinajstić information content (AvgIpc) is 3.53. The third-order valence-corrected chi connectivity index (χ3v) is 5.89. The quantitative estimate of drug-likeness (QED) is 0.376. The summed E-state index contributed by atoms with van der Waals surface area (Å²) in [6.07, 6.45) is 7.10. The van der Waals surface area contributed by atoms with Crippen LogP contribution in [0.25, 0.3) is 10.9 Å². The van der Waals surface area contributed by atoms with E-state index in [9.17, 15) is 9.59 Å². The molecule has 0 saturated carbocycles. The van der Waals surface area contributed by atoms with E-state index < -0.39 is 23.5 Å². The zero-order valence-corrected chi connectivity index (χ0v) is 20.6. The molecule has 1 aromatic carbocycles. The SMILES string of the molecule is CCOC(=O)C(NC(=O)C(n1cc(Cn2ccnc2C)nn1)C(C)(C)C)c1c[nH]c2ccccc12. The van der Waals surface area contributed by atoms with Crippen LogP contribution in [0.1, 0.15) is 56.9 Å². The summed E-state index contributed by atoms with van der Waals surface area (Å²) in [5.41, 5.74) is 1.70. The summed E-state index contributed by atoms with van der Waals surface area (Å²) in [4.78, 5) is 34.0. The molecule has 0 aliphatic carbocycles. The maximum absolute atomic E-state index is 13.7. The second kappa shape index (κ2) is 9.73. The number of fused-ring (bicyclic) bond motifs is 1. The van der Waals surface area contributed by atoms with E-state index in [1.807, 2.05) is 62.7 Å². The Balaban J connectivity index is 1.64. The molecule has 0 saturated heterocycles. The van der Waals surface area contributed by atoms with Crippen LogP contribution in [0.5, 0.6) is 0 Å². The Kier molecular flexibility index (Phi) is 6.72. The van der Waals surface area contributed by atoms with Gasteiger partial charge < -0.3 is 19.6 Å². The summed E-state index contributed by atoms with van der Waals surface area (Å²) in [7, 11) is 0. The van der Waals surface area contributed by atoms with Crippen molar-refractivity contribution in [2.24, 2.45) is 5.41 Å². The van der Waals surface area contributed by atoms with E-state index in [1.165, 1.54) is 0 Å². The number of nitrogens with zero attached hydrogens (tertiary/aromatic N) is 5. The monoisotopic (exact) mass is 477 g/mol. The van der Waals surface area contributed by atoms with E-state index >= 15 is 0 Å². The summed E-state index contributed by atoms with van der Waals surface area (Å²) >= 11 is 0. The van der Waals surface area contributed by atoms with E-state index in [4.69, 9.17) is 4.74 Å². The van der Waals surface area contributed by atoms with Gasteiger partial charge in [0.05, 0.1) is 19.3 Å². The van der Waals surface area contributed by atoms with E-state index in [-0.39, 0.29) is 12.5 Å². The molecule has 4 aromatic rings. The first-order valence-electron chi connectivity index (χ1n) is 11.6. The fourth-order valence-electron chi connectivity index (χ4n) is 4.21. The van der Waals surface area contributed by atoms with E-state index in [0.717, 1.165) is 16.7 Å². The molecule has 1 amide bonds. The minimum absolute atomic E-state index is 0.205. The van der Waals surface area contributed by atoms with Crippen molar-refractivity contribution >= 4 is 22.8 Å². The van der Waals surface area contributed by atoms with Crippen LogP contribution in [0.15, 0.2) is 49.1 Å². The molecule has 2 unspecified atom stereocenters. The number of carbonyl (C=O) groups excluding carboxylic acids is 2. The van der Waals surface area contributed by atoms with Crippen molar-refractivity contribution in [3.05, 3.63) is 66.1 Å². The van der Waals surface area contributed by atoms with Crippen LogP contribution in [0, 0.1) is 12.3 Å². The lowest BCUT2D eigenvalue weighted by Crippen LogP contribution is -2.43. The molecule has 184 valence electrons. The molecule has 2 N–H and O–H groups in total. The highest BCUT2D eigenvalue weighted by atomic mass is 16.5. The topological polar surface area (TPSA) is 120 Å². The number of imidazole rings is 1. The molecular weight excluding hydrogens is 446 g/mol. The first kappa shape index (κ1) is 24.2. The Morgan fingerprint density at radius 3 is 2.69 bits per heavy atom. The lowest BCUT2D eigenvalue weighted by Gasteiger charge is -2.30. The highest BCUT2D eigenvalue weighted by Gasteiger charge is 2.37. The number of hydrogen-bond acceptors (Lipinski definition) is 6. The lowest BCUT2D eigenvalue weighted by molar-refractivity contribution is -0.148. The summed E-state index contributed by atoms with van der Waals surface area (Å²) in [5, 5.41) is 12.3. The highest BCUT2D eigenvalue weighted by molar-refractivity contribution is 5.93. The molecule has 0 fully saturated rings. The number of amides is 1. The Morgan fingerprint density at radius 1 is 1.23 bits per heavy atom. The van der Waals surface area contributed by atoms with E-state index in [1.54, 1.807) is 30.2 Å². The number of benzene rings is 1. The number of aromatic nitrogens is 6.